The van der Waals surface area contributed by atoms with Gasteiger partial charge >= 0.3 is 0 Å². The molecule has 4 rings (SSSR count). The topological polar surface area (TPSA) is 64.0 Å². The average Bonchev–Trinajstić information content (AvgIpc) is 2.62. The predicted octanol–water partition coefficient (Wildman–Crippen LogP) is 3.10. The molecule has 0 fully saturated rings. The lowest BCUT2D eigenvalue weighted by Crippen LogP contribution is -2.30. The molecule has 0 spiro atoms. The smallest absolute Gasteiger partial charge is 0.281 e. The van der Waals surface area contributed by atoms with Crippen molar-refractivity contribution < 1.29 is 4.79 Å². The fourth-order valence-corrected chi connectivity index (χ4v) is 3.00. The fourth-order valence-electron chi connectivity index (χ4n) is 3.00. The summed E-state index contributed by atoms with van der Waals surface area (Å²) in [5, 5.41) is 3.37. The molecule has 1 N–H and O–H groups in total. The summed E-state index contributed by atoms with van der Waals surface area (Å²) in [6.07, 6.45) is 8.11. The SMILES string of the molecule is Cc1ccc(-c2c3n(c(=O)c4ncccc24)C=CC=CNC3=O)cc1. The first kappa shape index (κ1) is 15.1. The fraction of sp³-hybridized carbons (Fsp3) is 0.0500. The highest BCUT2D eigenvalue weighted by Crippen LogP contribution is 2.30. The van der Waals surface area contributed by atoms with Crippen molar-refractivity contribution in [3.8, 4) is 11.1 Å². The van der Waals surface area contributed by atoms with Crippen molar-refractivity contribution in [1.29, 1.82) is 0 Å². The zero-order valence-electron chi connectivity index (χ0n) is 13.6. The number of hydrogen-bond donors (Lipinski definition) is 1. The molecule has 5 heteroatoms. The monoisotopic (exact) mass is 329 g/mol. The number of benzene rings is 1. The Morgan fingerprint density at radius 2 is 1.84 bits per heavy atom. The maximum absolute atomic E-state index is 12.9. The number of pyridine rings is 2. The van der Waals surface area contributed by atoms with Crippen LogP contribution in [0, 0.1) is 6.92 Å². The molecule has 0 atom stereocenters. The summed E-state index contributed by atoms with van der Waals surface area (Å²) in [7, 11) is 0. The molecule has 0 unspecified atom stereocenters. The number of fused-ring (bicyclic) bond motifs is 2. The zero-order valence-corrected chi connectivity index (χ0v) is 13.6. The normalized spacial score (nSPS) is 13.2. The third kappa shape index (κ3) is 2.46. The van der Waals surface area contributed by atoms with Gasteiger partial charge in [0.05, 0.1) is 0 Å². The van der Waals surface area contributed by atoms with E-state index in [9.17, 15) is 9.59 Å². The lowest BCUT2D eigenvalue weighted by atomic mass is 9.97. The summed E-state index contributed by atoms with van der Waals surface area (Å²) in [4.78, 5) is 29.9. The highest BCUT2D eigenvalue weighted by molar-refractivity contribution is 6.08. The van der Waals surface area contributed by atoms with Crippen LogP contribution in [-0.4, -0.2) is 15.5 Å². The Morgan fingerprint density at radius 3 is 2.64 bits per heavy atom. The second kappa shape index (κ2) is 5.87. The summed E-state index contributed by atoms with van der Waals surface area (Å²) in [5.41, 5.74) is 3.00. The Hall–Kier alpha value is -3.47. The summed E-state index contributed by atoms with van der Waals surface area (Å²) in [5.74, 6) is -0.334. The van der Waals surface area contributed by atoms with Crippen LogP contribution in [0.3, 0.4) is 0 Å². The average molecular weight is 329 g/mol. The van der Waals surface area contributed by atoms with E-state index in [1.54, 1.807) is 36.8 Å². The van der Waals surface area contributed by atoms with Gasteiger partial charge in [0.15, 0.2) is 0 Å². The van der Waals surface area contributed by atoms with Crippen LogP contribution in [0.4, 0.5) is 0 Å². The van der Waals surface area contributed by atoms with E-state index in [-0.39, 0.29) is 11.5 Å². The van der Waals surface area contributed by atoms with E-state index < -0.39 is 0 Å². The molecular formula is C20H15N3O2. The summed E-state index contributed by atoms with van der Waals surface area (Å²) in [6, 6.07) is 11.5. The van der Waals surface area contributed by atoms with Crippen LogP contribution in [0.5, 0.6) is 0 Å². The van der Waals surface area contributed by atoms with Gasteiger partial charge in [0.2, 0.25) is 0 Å². The Morgan fingerprint density at radius 1 is 1.04 bits per heavy atom. The quantitative estimate of drug-likeness (QED) is 0.746. The Bertz CT molecular complexity index is 1110. The third-order valence-electron chi connectivity index (χ3n) is 4.19. The van der Waals surface area contributed by atoms with E-state index in [0.717, 1.165) is 11.1 Å². The minimum atomic E-state index is -0.334. The third-order valence-corrected chi connectivity index (χ3v) is 4.19. The minimum absolute atomic E-state index is 0.301. The maximum atomic E-state index is 12.9. The summed E-state index contributed by atoms with van der Waals surface area (Å²) in [6.45, 7) is 2.00. The molecule has 0 saturated carbocycles. The van der Waals surface area contributed by atoms with Crippen molar-refractivity contribution in [3.05, 3.63) is 82.6 Å². The van der Waals surface area contributed by atoms with Crippen LogP contribution < -0.4 is 10.9 Å². The van der Waals surface area contributed by atoms with E-state index in [4.69, 9.17) is 0 Å². The van der Waals surface area contributed by atoms with Crippen molar-refractivity contribution in [3.63, 3.8) is 0 Å². The Balaban J connectivity index is 2.20. The summed E-state index contributed by atoms with van der Waals surface area (Å²) < 4.78 is 1.36. The van der Waals surface area contributed by atoms with E-state index in [1.807, 2.05) is 37.3 Å². The first-order valence-electron chi connectivity index (χ1n) is 7.91. The second-order valence-electron chi connectivity index (χ2n) is 5.84. The number of nitrogens with one attached hydrogen (secondary N) is 1. The van der Waals surface area contributed by atoms with Crippen molar-refractivity contribution >= 4 is 23.0 Å². The van der Waals surface area contributed by atoms with Crippen molar-refractivity contribution in [2.75, 3.05) is 0 Å². The van der Waals surface area contributed by atoms with E-state index in [2.05, 4.69) is 10.3 Å². The molecule has 1 amide bonds. The van der Waals surface area contributed by atoms with E-state index in [1.165, 1.54) is 4.57 Å². The Kier molecular flexibility index (Phi) is 3.54. The molecule has 5 nitrogen and oxygen atoms in total. The lowest BCUT2D eigenvalue weighted by molar-refractivity contribution is 0.0963. The molecule has 1 aromatic carbocycles. The molecule has 0 radical (unpaired) electrons. The van der Waals surface area contributed by atoms with Crippen LogP contribution in [0.1, 0.15) is 16.1 Å². The van der Waals surface area contributed by atoms with Crippen LogP contribution in [-0.2, 0) is 0 Å². The van der Waals surface area contributed by atoms with Gasteiger partial charge in [0.25, 0.3) is 11.5 Å². The van der Waals surface area contributed by atoms with Gasteiger partial charge in [-0.2, -0.15) is 0 Å². The number of amides is 1. The van der Waals surface area contributed by atoms with E-state index in [0.29, 0.717) is 22.2 Å². The molecule has 25 heavy (non-hydrogen) atoms. The molecule has 1 aliphatic heterocycles. The molecule has 0 saturated heterocycles. The van der Waals surface area contributed by atoms with Gasteiger partial charge in [0.1, 0.15) is 11.2 Å². The van der Waals surface area contributed by atoms with Gasteiger partial charge < -0.3 is 5.32 Å². The molecule has 122 valence electrons. The van der Waals surface area contributed by atoms with Gasteiger partial charge in [-0.25, -0.2) is 0 Å². The van der Waals surface area contributed by atoms with Crippen LogP contribution in [0.15, 0.2) is 65.7 Å². The number of aromatic nitrogens is 2. The molecule has 0 bridgehead atoms. The number of nitrogens with zero attached hydrogens (tertiary/aromatic N) is 2. The van der Waals surface area contributed by atoms with Crippen molar-refractivity contribution in [2.45, 2.75) is 6.92 Å². The molecular weight excluding hydrogens is 314 g/mol. The van der Waals surface area contributed by atoms with Crippen LogP contribution in [0.2, 0.25) is 0 Å². The van der Waals surface area contributed by atoms with Gasteiger partial charge in [-0.1, -0.05) is 35.9 Å². The van der Waals surface area contributed by atoms with Crippen LogP contribution in [0.25, 0.3) is 28.2 Å². The van der Waals surface area contributed by atoms with Crippen molar-refractivity contribution in [1.82, 2.24) is 14.9 Å². The van der Waals surface area contributed by atoms with Crippen molar-refractivity contribution in [2.24, 2.45) is 0 Å². The molecule has 2 aromatic heterocycles. The maximum Gasteiger partial charge on any atom is 0.281 e. The Labute approximate surface area is 143 Å². The number of hydrogen-bond acceptors (Lipinski definition) is 3. The van der Waals surface area contributed by atoms with Gasteiger partial charge in [0, 0.05) is 29.5 Å². The molecule has 3 aromatic rings. The lowest BCUT2D eigenvalue weighted by Gasteiger charge is -2.17. The molecule has 0 aliphatic carbocycles. The highest BCUT2D eigenvalue weighted by Gasteiger charge is 2.22. The standard InChI is InChI=1S/C20H15N3O2/c1-13-6-8-14(9-7-13)16-15-5-4-11-21-17(15)20(25)23-12-3-2-10-22-19(24)18(16)23/h2-12H,1H3,(H,22,24). The highest BCUT2D eigenvalue weighted by atomic mass is 16.2. The number of rotatable bonds is 1. The van der Waals surface area contributed by atoms with E-state index >= 15 is 0 Å². The van der Waals surface area contributed by atoms with Gasteiger partial charge in [-0.15, -0.1) is 0 Å². The molecule has 3 heterocycles. The van der Waals surface area contributed by atoms with Gasteiger partial charge in [-0.3, -0.25) is 19.1 Å². The molecule has 1 aliphatic rings. The number of allylic oxidation sites excluding steroid dienone is 2. The van der Waals surface area contributed by atoms with Gasteiger partial charge in [-0.05, 0) is 30.7 Å². The first-order valence-corrected chi connectivity index (χ1v) is 7.91. The zero-order chi connectivity index (χ0) is 17.4. The minimum Gasteiger partial charge on any atom is -0.327 e. The summed E-state index contributed by atoms with van der Waals surface area (Å²) >= 11 is 0. The van der Waals surface area contributed by atoms with Crippen LogP contribution >= 0.6 is 0 Å². The number of carbonyl (C=O) groups excluding carboxylic acids is 1. The predicted molar refractivity (Wildman–Crippen MR) is 98.1 cm³/mol. The number of carbonyl (C=O) groups is 1. The number of aryl methyl sites for hydroxylation is 1. The largest absolute Gasteiger partial charge is 0.327 e. The second-order valence-corrected chi connectivity index (χ2v) is 5.84. The first-order chi connectivity index (χ1) is 12.2.